The normalized spacial score (nSPS) is 10.5. The number of fused-ring (bicyclic) bond motifs is 1. The van der Waals surface area contributed by atoms with Crippen molar-refractivity contribution >= 4 is 34.4 Å². The molecule has 0 atom stereocenters. The van der Waals surface area contributed by atoms with E-state index in [0.717, 1.165) is 5.39 Å². The average molecular weight is 380 g/mol. The minimum Gasteiger partial charge on any atom is -0.356 e. The molecule has 0 spiro atoms. The molecule has 2 aromatic carbocycles. The first-order valence-corrected chi connectivity index (χ1v) is 8.79. The standard InChI is InChI=1S/C20H20N4O4/c1-13(25)21-10-11-22-20(27)14-6-8-15(9-7-14)23-19(26)12-17-16-4-2-3-5-18(16)28-24-17/h2-9H,10-12H2,1H3,(H,21,25)(H,22,27)(H,23,26). The van der Waals surface area contributed by atoms with Crippen LogP contribution in [0.3, 0.4) is 0 Å². The molecule has 0 radical (unpaired) electrons. The smallest absolute Gasteiger partial charge is 0.251 e. The molecule has 3 rings (SSSR count). The summed E-state index contributed by atoms with van der Waals surface area (Å²) in [7, 11) is 0. The summed E-state index contributed by atoms with van der Waals surface area (Å²) < 4.78 is 5.20. The van der Waals surface area contributed by atoms with Crippen molar-refractivity contribution in [1.29, 1.82) is 0 Å². The number of amides is 3. The number of hydrogen-bond acceptors (Lipinski definition) is 5. The third-order valence-corrected chi connectivity index (χ3v) is 4.00. The summed E-state index contributed by atoms with van der Waals surface area (Å²) in [6, 6.07) is 13.9. The van der Waals surface area contributed by atoms with Crippen molar-refractivity contribution in [3.8, 4) is 0 Å². The number of nitrogens with zero attached hydrogens (tertiary/aromatic N) is 1. The lowest BCUT2D eigenvalue weighted by atomic mass is 10.1. The molecule has 0 aliphatic heterocycles. The van der Waals surface area contributed by atoms with Crippen LogP contribution in [0, 0.1) is 0 Å². The quantitative estimate of drug-likeness (QED) is 0.542. The summed E-state index contributed by atoms with van der Waals surface area (Å²) in [6.45, 7) is 2.12. The molecule has 3 aromatic rings. The monoisotopic (exact) mass is 380 g/mol. The van der Waals surface area contributed by atoms with Crippen molar-refractivity contribution in [3.05, 3.63) is 59.8 Å². The lowest BCUT2D eigenvalue weighted by Crippen LogP contribution is -2.33. The van der Waals surface area contributed by atoms with Crippen molar-refractivity contribution < 1.29 is 18.9 Å². The molecule has 1 aromatic heterocycles. The molecule has 0 aliphatic rings. The Kier molecular flexibility index (Phi) is 6.01. The van der Waals surface area contributed by atoms with E-state index in [-0.39, 0.29) is 24.1 Å². The largest absolute Gasteiger partial charge is 0.356 e. The summed E-state index contributed by atoms with van der Waals surface area (Å²) in [4.78, 5) is 35.1. The van der Waals surface area contributed by atoms with Crippen LogP contribution in [0.15, 0.2) is 53.1 Å². The van der Waals surface area contributed by atoms with Crippen LogP contribution < -0.4 is 16.0 Å². The lowest BCUT2D eigenvalue weighted by Gasteiger charge is -2.07. The maximum absolute atomic E-state index is 12.3. The Morgan fingerprint density at radius 1 is 0.964 bits per heavy atom. The first-order valence-electron chi connectivity index (χ1n) is 8.79. The van der Waals surface area contributed by atoms with Crippen LogP contribution in [0.4, 0.5) is 5.69 Å². The Hall–Kier alpha value is -3.68. The van der Waals surface area contributed by atoms with Crippen LogP contribution in [0.2, 0.25) is 0 Å². The van der Waals surface area contributed by atoms with E-state index in [1.807, 2.05) is 18.2 Å². The van der Waals surface area contributed by atoms with Gasteiger partial charge >= 0.3 is 0 Å². The maximum atomic E-state index is 12.3. The van der Waals surface area contributed by atoms with E-state index in [4.69, 9.17) is 4.52 Å². The van der Waals surface area contributed by atoms with E-state index in [2.05, 4.69) is 21.1 Å². The molecular formula is C20H20N4O4. The van der Waals surface area contributed by atoms with Crippen LogP contribution >= 0.6 is 0 Å². The predicted molar refractivity (Wildman–Crippen MR) is 104 cm³/mol. The van der Waals surface area contributed by atoms with Gasteiger partial charge in [-0.25, -0.2) is 0 Å². The van der Waals surface area contributed by atoms with Gasteiger partial charge in [-0.2, -0.15) is 0 Å². The number of hydrogen-bond donors (Lipinski definition) is 3. The highest BCUT2D eigenvalue weighted by atomic mass is 16.5. The van der Waals surface area contributed by atoms with Gasteiger partial charge < -0.3 is 20.5 Å². The van der Waals surface area contributed by atoms with Gasteiger partial charge in [-0.15, -0.1) is 0 Å². The van der Waals surface area contributed by atoms with Gasteiger partial charge in [0.25, 0.3) is 5.91 Å². The van der Waals surface area contributed by atoms with E-state index < -0.39 is 0 Å². The molecule has 0 saturated carbocycles. The van der Waals surface area contributed by atoms with Crippen molar-refractivity contribution in [2.24, 2.45) is 0 Å². The second kappa shape index (κ2) is 8.81. The van der Waals surface area contributed by atoms with Crippen LogP contribution in [-0.2, 0) is 16.0 Å². The molecule has 0 bridgehead atoms. The summed E-state index contributed by atoms with van der Waals surface area (Å²) >= 11 is 0. The number of carbonyl (C=O) groups is 3. The number of carbonyl (C=O) groups excluding carboxylic acids is 3. The summed E-state index contributed by atoms with van der Waals surface area (Å²) in [6.07, 6.45) is 0.0857. The molecule has 0 fully saturated rings. The molecule has 144 valence electrons. The topological polar surface area (TPSA) is 113 Å². The van der Waals surface area contributed by atoms with E-state index >= 15 is 0 Å². The zero-order valence-electron chi connectivity index (χ0n) is 15.3. The molecule has 3 amide bonds. The Balaban J connectivity index is 1.53. The number of aromatic nitrogens is 1. The predicted octanol–water partition coefficient (Wildman–Crippen LogP) is 1.87. The second-order valence-corrected chi connectivity index (χ2v) is 6.17. The van der Waals surface area contributed by atoms with Gasteiger partial charge in [-0.05, 0) is 36.4 Å². The fraction of sp³-hybridized carbons (Fsp3) is 0.200. The van der Waals surface area contributed by atoms with Crippen molar-refractivity contribution in [2.75, 3.05) is 18.4 Å². The minimum atomic E-state index is -0.253. The van der Waals surface area contributed by atoms with Gasteiger partial charge in [0.2, 0.25) is 11.8 Å². The first kappa shape index (κ1) is 19.1. The second-order valence-electron chi connectivity index (χ2n) is 6.17. The zero-order valence-corrected chi connectivity index (χ0v) is 15.3. The van der Waals surface area contributed by atoms with E-state index in [0.29, 0.717) is 35.6 Å². The number of benzene rings is 2. The fourth-order valence-corrected chi connectivity index (χ4v) is 2.64. The molecular weight excluding hydrogens is 360 g/mol. The number of anilines is 1. The Morgan fingerprint density at radius 2 is 1.68 bits per heavy atom. The van der Waals surface area contributed by atoms with Crippen molar-refractivity contribution in [2.45, 2.75) is 13.3 Å². The van der Waals surface area contributed by atoms with Crippen LogP contribution in [0.25, 0.3) is 11.0 Å². The number of rotatable bonds is 7. The van der Waals surface area contributed by atoms with Gasteiger partial charge in [-0.1, -0.05) is 17.3 Å². The van der Waals surface area contributed by atoms with E-state index in [9.17, 15) is 14.4 Å². The summed E-state index contributed by atoms with van der Waals surface area (Å²) in [5.41, 5.74) is 2.25. The van der Waals surface area contributed by atoms with Gasteiger partial charge in [0, 0.05) is 36.7 Å². The Bertz CT molecular complexity index is 995. The van der Waals surface area contributed by atoms with Crippen molar-refractivity contribution in [3.63, 3.8) is 0 Å². The molecule has 8 nitrogen and oxygen atoms in total. The van der Waals surface area contributed by atoms with Crippen molar-refractivity contribution in [1.82, 2.24) is 15.8 Å². The molecule has 0 aliphatic carbocycles. The molecule has 8 heteroatoms. The van der Waals surface area contributed by atoms with Crippen LogP contribution in [-0.4, -0.2) is 36.0 Å². The highest BCUT2D eigenvalue weighted by molar-refractivity contribution is 5.97. The lowest BCUT2D eigenvalue weighted by molar-refractivity contribution is -0.119. The molecule has 0 saturated heterocycles. The molecule has 3 N–H and O–H groups in total. The highest BCUT2D eigenvalue weighted by Crippen LogP contribution is 2.18. The fourth-order valence-electron chi connectivity index (χ4n) is 2.64. The minimum absolute atomic E-state index is 0.0857. The Morgan fingerprint density at radius 3 is 2.43 bits per heavy atom. The first-order chi connectivity index (χ1) is 13.5. The van der Waals surface area contributed by atoms with Crippen LogP contribution in [0.5, 0.6) is 0 Å². The maximum Gasteiger partial charge on any atom is 0.251 e. The number of nitrogens with one attached hydrogen (secondary N) is 3. The van der Waals surface area contributed by atoms with Gasteiger partial charge in [0.05, 0.1) is 6.42 Å². The van der Waals surface area contributed by atoms with Gasteiger partial charge in [0.1, 0.15) is 5.69 Å². The van der Waals surface area contributed by atoms with E-state index in [1.165, 1.54) is 6.92 Å². The third kappa shape index (κ3) is 4.94. The molecule has 1 heterocycles. The summed E-state index contributed by atoms with van der Waals surface area (Å²) in [5.74, 6) is -0.628. The van der Waals surface area contributed by atoms with E-state index in [1.54, 1.807) is 30.3 Å². The zero-order chi connectivity index (χ0) is 19.9. The average Bonchev–Trinajstić information content (AvgIpc) is 3.08. The highest BCUT2D eigenvalue weighted by Gasteiger charge is 2.12. The van der Waals surface area contributed by atoms with Gasteiger partial charge in [0.15, 0.2) is 5.58 Å². The Labute approximate surface area is 161 Å². The molecule has 0 unspecified atom stereocenters. The SMILES string of the molecule is CC(=O)NCCNC(=O)c1ccc(NC(=O)Cc2noc3ccccc23)cc1. The summed E-state index contributed by atoms with van der Waals surface area (Å²) in [5, 5.41) is 12.8. The third-order valence-electron chi connectivity index (χ3n) is 4.00. The van der Waals surface area contributed by atoms with Crippen LogP contribution in [0.1, 0.15) is 23.0 Å². The van der Waals surface area contributed by atoms with Gasteiger partial charge in [-0.3, -0.25) is 14.4 Å². The number of para-hydroxylation sites is 1. The molecule has 28 heavy (non-hydrogen) atoms.